The first-order valence-electron chi connectivity index (χ1n) is 4.99. The predicted molar refractivity (Wildman–Crippen MR) is 61.9 cm³/mol. The van der Waals surface area contributed by atoms with Crippen LogP contribution in [0.3, 0.4) is 0 Å². The van der Waals surface area contributed by atoms with Crippen molar-refractivity contribution in [3.05, 3.63) is 27.9 Å². The smallest absolute Gasteiger partial charge is 0.311 e. The Morgan fingerprint density at radius 3 is 2.71 bits per heavy atom. The maximum absolute atomic E-state index is 10.8. The molecule has 94 valence electrons. The van der Waals surface area contributed by atoms with E-state index in [0.717, 1.165) is 5.56 Å². The lowest BCUT2D eigenvalue weighted by atomic mass is 10.3. The Kier molecular flexibility index (Phi) is 4.80. The molecule has 17 heavy (non-hydrogen) atoms. The van der Waals surface area contributed by atoms with Gasteiger partial charge in [0.2, 0.25) is 5.82 Å². The predicted octanol–water partition coefficient (Wildman–Crippen LogP) is 1.33. The second kappa shape index (κ2) is 6.12. The highest BCUT2D eigenvalue weighted by molar-refractivity contribution is 5.56. The van der Waals surface area contributed by atoms with Gasteiger partial charge in [0.15, 0.2) is 6.29 Å². The highest BCUT2D eigenvalue weighted by Gasteiger charge is 2.16. The van der Waals surface area contributed by atoms with Gasteiger partial charge in [0, 0.05) is 26.5 Å². The monoisotopic (exact) mass is 241 g/mol. The summed E-state index contributed by atoms with van der Waals surface area (Å²) in [6.45, 7) is 2.03. The first-order valence-corrected chi connectivity index (χ1v) is 4.99. The number of nitrogens with one attached hydrogen (secondary N) is 1. The van der Waals surface area contributed by atoms with Crippen molar-refractivity contribution in [3.63, 3.8) is 0 Å². The highest BCUT2D eigenvalue weighted by atomic mass is 16.7. The number of aryl methyl sites for hydroxylation is 1. The maximum atomic E-state index is 10.8. The zero-order valence-electron chi connectivity index (χ0n) is 9.97. The molecule has 0 unspecified atom stereocenters. The minimum absolute atomic E-state index is 0.0593. The quantitative estimate of drug-likeness (QED) is 0.459. The summed E-state index contributed by atoms with van der Waals surface area (Å²) in [5.41, 5.74) is 0.674. The number of hydrogen-bond acceptors (Lipinski definition) is 6. The van der Waals surface area contributed by atoms with E-state index in [2.05, 4.69) is 10.3 Å². The van der Waals surface area contributed by atoms with Crippen LogP contribution >= 0.6 is 0 Å². The fourth-order valence-corrected chi connectivity index (χ4v) is 1.27. The summed E-state index contributed by atoms with van der Waals surface area (Å²) in [5, 5.41) is 13.6. The average Bonchev–Trinajstić information content (AvgIpc) is 2.31. The van der Waals surface area contributed by atoms with Crippen LogP contribution in [0, 0.1) is 17.0 Å². The lowest BCUT2D eigenvalue weighted by Crippen LogP contribution is -2.24. The normalized spacial score (nSPS) is 10.6. The second-order valence-electron chi connectivity index (χ2n) is 3.42. The van der Waals surface area contributed by atoms with Gasteiger partial charge < -0.3 is 14.8 Å². The Labute approximate surface area is 98.9 Å². The Bertz CT molecular complexity index is 393. The van der Waals surface area contributed by atoms with Crippen LogP contribution in [-0.2, 0) is 9.47 Å². The van der Waals surface area contributed by atoms with Crippen molar-refractivity contribution in [2.75, 3.05) is 26.1 Å². The molecule has 0 saturated heterocycles. The molecule has 0 saturated carbocycles. The summed E-state index contributed by atoms with van der Waals surface area (Å²) in [7, 11) is 2.99. The van der Waals surface area contributed by atoms with Crippen LogP contribution in [0.25, 0.3) is 0 Å². The number of rotatable bonds is 6. The first-order chi connectivity index (χ1) is 8.08. The molecule has 1 heterocycles. The zero-order valence-corrected chi connectivity index (χ0v) is 9.97. The number of hydrogen-bond donors (Lipinski definition) is 1. The van der Waals surface area contributed by atoms with E-state index in [9.17, 15) is 10.1 Å². The molecule has 1 aromatic heterocycles. The number of ether oxygens (including phenoxy) is 2. The van der Waals surface area contributed by atoms with E-state index < -0.39 is 11.2 Å². The van der Waals surface area contributed by atoms with Crippen LogP contribution < -0.4 is 5.32 Å². The van der Waals surface area contributed by atoms with Gasteiger partial charge in [-0.2, -0.15) is 0 Å². The molecule has 1 aromatic rings. The minimum Gasteiger partial charge on any atom is -0.359 e. The standard InChI is InChI=1S/C10H15N3O4/c1-7-4-8(13(14)15)10(11-5-7)12-6-9(16-2)17-3/h4-5,9H,6H2,1-3H3,(H,11,12). The van der Waals surface area contributed by atoms with Crippen LogP contribution in [-0.4, -0.2) is 37.0 Å². The van der Waals surface area contributed by atoms with Crippen molar-refractivity contribution >= 4 is 11.5 Å². The summed E-state index contributed by atoms with van der Waals surface area (Å²) in [5.74, 6) is 0.208. The fourth-order valence-electron chi connectivity index (χ4n) is 1.27. The molecule has 0 fully saturated rings. The Hall–Kier alpha value is -1.73. The van der Waals surface area contributed by atoms with Crippen molar-refractivity contribution in [2.45, 2.75) is 13.2 Å². The molecule has 1 rings (SSSR count). The molecule has 0 atom stereocenters. The lowest BCUT2D eigenvalue weighted by Gasteiger charge is -2.14. The average molecular weight is 241 g/mol. The number of anilines is 1. The van der Waals surface area contributed by atoms with E-state index in [1.165, 1.54) is 20.3 Å². The molecule has 7 heteroatoms. The van der Waals surface area contributed by atoms with E-state index in [-0.39, 0.29) is 18.1 Å². The molecule has 0 aliphatic heterocycles. The molecular weight excluding hydrogens is 226 g/mol. The van der Waals surface area contributed by atoms with Crippen LogP contribution in [0.2, 0.25) is 0 Å². The van der Waals surface area contributed by atoms with E-state index in [1.54, 1.807) is 13.1 Å². The van der Waals surface area contributed by atoms with Crippen molar-refractivity contribution in [1.29, 1.82) is 0 Å². The summed E-state index contributed by atoms with van der Waals surface area (Å²) in [6.07, 6.45) is 1.09. The van der Waals surface area contributed by atoms with Gasteiger partial charge in [-0.15, -0.1) is 0 Å². The molecule has 0 radical (unpaired) electrons. The molecular formula is C10H15N3O4. The first kappa shape index (κ1) is 13.3. The third kappa shape index (κ3) is 3.65. The Balaban J connectivity index is 2.80. The van der Waals surface area contributed by atoms with E-state index in [4.69, 9.17) is 9.47 Å². The van der Waals surface area contributed by atoms with E-state index in [0.29, 0.717) is 0 Å². The van der Waals surface area contributed by atoms with Crippen LogP contribution in [0.1, 0.15) is 5.56 Å². The van der Waals surface area contributed by atoms with Gasteiger partial charge in [-0.3, -0.25) is 10.1 Å². The maximum Gasteiger partial charge on any atom is 0.311 e. The molecule has 0 amide bonds. The Morgan fingerprint density at radius 1 is 1.53 bits per heavy atom. The number of pyridine rings is 1. The number of methoxy groups -OCH3 is 2. The van der Waals surface area contributed by atoms with Gasteiger partial charge >= 0.3 is 5.69 Å². The molecule has 0 aliphatic carbocycles. The zero-order chi connectivity index (χ0) is 12.8. The van der Waals surface area contributed by atoms with Gasteiger partial charge in [-0.1, -0.05) is 0 Å². The molecule has 1 N–H and O–H groups in total. The topological polar surface area (TPSA) is 86.5 Å². The van der Waals surface area contributed by atoms with E-state index in [1.807, 2.05) is 0 Å². The van der Waals surface area contributed by atoms with Crippen molar-refractivity contribution < 1.29 is 14.4 Å². The van der Waals surface area contributed by atoms with Crippen LogP contribution in [0.5, 0.6) is 0 Å². The summed E-state index contributed by atoms with van der Waals surface area (Å²) in [4.78, 5) is 14.3. The molecule has 0 bridgehead atoms. The largest absolute Gasteiger partial charge is 0.359 e. The molecule has 0 aliphatic rings. The summed E-state index contributed by atoms with van der Waals surface area (Å²) >= 11 is 0. The number of nitrogens with zero attached hydrogens (tertiary/aromatic N) is 2. The van der Waals surface area contributed by atoms with Crippen molar-refractivity contribution in [3.8, 4) is 0 Å². The van der Waals surface area contributed by atoms with E-state index >= 15 is 0 Å². The third-order valence-electron chi connectivity index (χ3n) is 2.16. The lowest BCUT2D eigenvalue weighted by molar-refractivity contribution is -0.384. The van der Waals surface area contributed by atoms with Gasteiger partial charge in [0.1, 0.15) is 0 Å². The van der Waals surface area contributed by atoms with Gasteiger partial charge in [-0.25, -0.2) is 4.98 Å². The van der Waals surface area contributed by atoms with Gasteiger partial charge in [0.25, 0.3) is 0 Å². The molecule has 0 aromatic carbocycles. The van der Waals surface area contributed by atoms with Gasteiger partial charge in [0.05, 0.1) is 11.5 Å². The third-order valence-corrected chi connectivity index (χ3v) is 2.16. The molecule has 0 spiro atoms. The highest BCUT2D eigenvalue weighted by Crippen LogP contribution is 2.22. The fraction of sp³-hybridized carbons (Fsp3) is 0.500. The van der Waals surface area contributed by atoms with Crippen molar-refractivity contribution in [1.82, 2.24) is 4.98 Å². The minimum atomic E-state index is -0.475. The van der Waals surface area contributed by atoms with Crippen molar-refractivity contribution in [2.24, 2.45) is 0 Å². The second-order valence-corrected chi connectivity index (χ2v) is 3.42. The SMILES string of the molecule is COC(CNc1ncc(C)cc1[N+](=O)[O-])OC. The van der Waals surface area contributed by atoms with Gasteiger partial charge in [-0.05, 0) is 12.5 Å². The summed E-state index contributed by atoms with van der Waals surface area (Å²) < 4.78 is 9.93. The number of aromatic nitrogens is 1. The molecule has 7 nitrogen and oxygen atoms in total. The van der Waals surface area contributed by atoms with Crippen LogP contribution in [0.4, 0.5) is 11.5 Å². The number of nitro groups is 1. The Morgan fingerprint density at radius 2 is 2.18 bits per heavy atom. The van der Waals surface area contributed by atoms with Crippen LogP contribution in [0.15, 0.2) is 12.3 Å². The summed E-state index contributed by atoms with van der Waals surface area (Å²) in [6, 6.07) is 1.46.